The molecule has 1 amide bonds. The van der Waals surface area contributed by atoms with Crippen molar-refractivity contribution in [1.29, 1.82) is 0 Å². The maximum Gasteiger partial charge on any atom is 0.260 e. The SMILES string of the molecule is O=C(COc1ccccc1C1SCCS1)N1CCN(S(=O)(=O)c2cccc(F)c2)CC1. The zero-order valence-corrected chi connectivity index (χ0v) is 19.2. The Morgan fingerprint density at radius 3 is 2.45 bits per heavy atom. The zero-order valence-electron chi connectivity index (χ0n) is 16.8. The number of halogens is 1. The van der Waals surface area contributed by atoms with Crippen molar-refractivity contribution in [2.24, 2.45) is 0 Å². The van der Waals surface area contributed by atoms with Crippen LogP contribution < -0.4 is 4.74 Å². The molecule has 0 aliphatic carbocycles. The van der Waals surface area contributed by atoms with Crippen molar-refractivity contribution >= 4 is 39.5 Å². The number of nitrogens with zero attached hydrogens (tertiary/aromatic N) is 2. The monoisotopic (exact) mass is 482 g/mol. The van der Waals surface area contributed by atoms with Crippen molar-refractivity contribution in [2.75, 3.05) is 44.3 Å². The normalized spacial score (nSPS) is 18.3. The molecular weight excluding hydrogens is 459 g/mol. The molecule has 2 aromatic rings. The lowest BCUT2D eigenvalue weighted by Crippen LogP contribution is -2.51. The topological polar surface area (TPSA) is 66.9 Å². The van der Waals surface area contributed by atoms with E-state index in [0.717, 1.165) is 28.9 Å². The maximum absolute atomic E-state index is 13.4. The average Bonchev–Trinajstić information content (AvgIpc) is 3.32. The molecule has 10 heteroatoms. The fourth-order valence-corrected chi connectivity index (χ4v) is 7.89. The third-order valence-corrected chi connectivity index (χ3v) is 10.1. The van der Waals surface area contributed by atoms with Gasteiger partial charge in [-0.25, -0.2) is 12.8 Å². The first-order chi connectivity index (χ1) is 14.9. The molecule has 0 atom stereocenters. The molecule has 0 spiro atoms. The van der Waals surface area contributed by atoms with Crippen LogP contribution in [0.4, 0.5) is 4.39 Å². The van der Waals surface area contributed by atoms with Gasteiger partial charge in [0.2, 0.25) is 10.0 Å². The third-order valence-electron chi connectivity index (χ3n) is 5.17. The Hall–Kier alpha value is -1.75. The fourth-order valence-electron chi connectivity index (χ4n) is 3.53. The Labute approximate surface area is 190 Å². The van der Waals surface area contributed by atoms with E-state index in [2.05, 4.69) is 0 Å². The van der Waals surface area contributed by atoms with Gasteiger partial charge in [0, 0.05) is 43.2 Å². The van der Waals surface area contributed by atoms with Crippen molar-refractivity contribution in [1.82, 2.24) is 9.21 Å². The largest absolute Gasteiger partial charge is 0.483 e. The highest BCUT2D eigenvalue weighted by molar-refractivity contribution is 8.19. The number of carbonyl (C=O) groups excluding carboxylic acids is 1. The predicted octanol–water partition coefficient (Wildman–Crippen LogP) is 3.22. The summed E-state index contributed by atoms with van der Waals surface area (Å²) in [7, 11) is -3.78. The van der Waals surface area contributed by atoms with Crippen LogP contribution in [0.2, 0.25) is 0 Å². The summed E-state index contributed by atoms with van der Waals surface area (Å²) in [4.78, 5) is 14.2. The van der Waals surface area contributed by atoms with E-state index in [-0.39, 0.29) is 43.6 Å². The number of amides is 1. The first-order valence-corrected chi connectivity index (χ1v) is 13.5. The summed E-state index contributed by atoms with van der Waals surface area (Å²) < 4.78 is 46.3. The minimum Gasteiger partial charge on any atom is -0.483 e. The van der Waals surface area contributed by atoms with Gasteiger partial charge in [-0.2, -0.15) is 4.31 Å². The quantitative estimate of drug-likeness (QED) is 0.630. The van der Waals surface area contributed by atoms with Crippen LogP contribution in [0.1, 0.15) is 10.1 Å². The number of ether oxygens (including phenoxy) is 1. The fraction of sp³-hybridized carbons (Fsp3) is 0.381. The number of sulfonamides is 1. The van der Waals surface area contributed by atoms with Crippen LogP contribution >= 0.6 is 23.5 Å². The van der Waals surface area contributed by atoms with Gasteiger partial charge in [0.1, 0.15) is 11.6 Å². The van der Waals surface area contributed by atoms with E-state index in [1.165, 1.54) is 22.5 Å². The molecule has 0 N–H and O–H groups in total. The standard InChI is InChI=1S/C21H23FN2O4S3/c22-16-4-3-5-17(14-16)31(26,27)24-10-8-23(9-11-24)20(25)15-28-19-7-2-1-6-18(19)21-29-12-13-30-21/h1-7,14,21H,8-13,15H2. The Bertz CT molecular complexity index is 1040. The van der Waals surface area contributed by atoms with Crippen molar-refractivity contribution < 1.29 is 22.3 Å². The van der Waals surface area contributed by atoms with Gasteiger partial charge < -0.3 is 9.64 Å². The van der Waals surface area contributed by atoms with Crippen LogP contribution in [0, 0.1) is 5.82 Å². The second kappa shape index (κ2) is 9.81. The van der Waals surface area contributed by atoms with E-state index in [1.807, 2.05) is 47.8 Å². The number of carbonyl (C=O) groups is 1. The molecule has 166 valence electrons. The minimum atomic E-state index is -3.78. The number of thioether (sulfide) groups is 2. The number of benzene rings is 2. The lowest BCUT2D eigenvalue weighted by Gasteiger charge is -2.34. The molecule has 2 saturated heterocycles. The lowest BCUT2D eigenvalue weighted by atomic mass is 10.2. The number of rotatable bonds is 6. The molecule has 0 aromatic heterocycles. The van der Waals surface area contributed by atoms with E-state index in [4.69, 9.17) is 4.74 Å². The highest BCUT2D eigenvalue weighted by Gasteiger charge is 2.30. The second-order valence-corrected chi connectivity index (χ2v) is 11.8. The summed E-state index contributed by atoms with van der Waals surface area (Å²) in [6, 6.07) is 12.8. The molecule has 2 aromatic carbocycles. The summed E-state index contributed by atoms with van der Waals surface area (Å²) in [6.45, 7) is 0.780. The number of hydrogen-bond acceptors (Lipinski definition) is 6. The van der Waals surface area contributed by atoms with Crippen LogP contribution in [0.3, 0.4) is 0 Å². The van der Waals surface area contributed by atoms with Crippen LogP contribution in [-0.4, -0.2) is 67.8 Å². The van der Waals surface area contributed by atoms with E-state index >= 15 is 0 Å². The van der Waals surface area contributed by atoms with Gasteiger partial charge in [-0.1, -0.05) is 24.3 Å². The second-order valence-electron chi connectivity index (χ2n) is 7.14. The summed E-state index contributed by atoms with van der Waals surface area (Å²) >= 11 is 3.75. The van der Waals surface area contributed by atoms with Gasteiger partial charge in [0.05, 0.1) is 9.48 Å². The summed E-state index contributed by atoms with van der Waals surface area (Å²) in [5.74, 6) is 2.15. The van der Waals surface area contributed by atoms with Gasteiger partial charge in [0.25, 0.3) is 5.91 Å². The molecule has 2 aliphatic heterocycles. The van der Waals surface area contributed by atoms with Gasteiger partial charge >= 0.3 is 0 Å². The lowest BCUT2D eigenvalue weighted by molar-refractivity contribution is -0.134. The van der Waals surface area contributed by atoms with Crippen LogP contribution in [0.15, 0.2) is 53.4 Å². The number of hydrogen-bond donors (Lipinski definition) is 0. The predicted molar refractivity (Wildman–Crippen MR) is 121 cm³/mol. The number of para-hydroxylation sites is 1. The maximum atomic E-state index is 13.4. The van der Waals surface area contributed by atoms with E-state index in [1.54, 1.807) is 4.90 Å². The van der Waals surface area contributed by atoms with Crippen molar-refractivity contribution in [3.63, 3.8) is 0 Å². The molecule has 4 rings (SSSR count). The molecule has 0 radical (unpaired) electrons. The van der Waals surface area contributed by atoms with E-state index in [9.17, 15) is 17.6 Å². The third kappa shape index (κ3) is 5.19. The molecule has 2 heterocycles. The van der Waals surface area contributed by atoms with Crippen molar-refractivity contribution in [3.8, 4) is 5.75 Å². The van der Waals surface area contributed by atoms with Crippen molar-refractivity contribution in [2.45, 2.75) is 9.48 Å². The Balaban J connectivity index is 1.33. The Kier molecular flexibility index (Phi) is 7.10. The molecule has 0 bridgehead atoms. The van der Waals surface area contributed by atoms with Gasteiger partial charge in [-0.05, 0) is 24.3 Å². The highest BCUT2D eigenvalue weighted by Crippen LogP contribution is 2.48. The Morgan fingerprint density at radius 1 is 1.03 bits per heavy atom. The molecule has 6 nitrogen and oxygen atoms in total. The molecule has 0 saturated carbocycles. The van der Waals surface area contributed by atoms with Crippen LogP contribution in [0.5, 0.6) is 5.75 Å². The summed E-state index contributed by atoms with van der Waals surface area (Å²) in [5, 5.41) is 0. The first kappa shape index (κ1) is 22.4. The van der Waals surface area contributed by atoms with Gasteiger partial charge in [-0.15, -0.1) is 23.5 Å². The molecule has 2 fully saturated rings. The average molecular weight is 483 g/mol. The van der Waals surface area contributed by atoms with E-state index < -0.39 is 15.8 Å². The number of piperazine rings is 1. The minimum absolute atomic E-state index is 0.0742. The molecule has 0 unspecified atom stereocenters. The summed E-state index contributed by atoms with van der Waals surface area (Å²) in [5.41, 5.74) is 1.09. The molecule has 31 heavy (non-hydrogen) atoms. The van der Waals surface area contributed by atoms with E-state index in [0.29, 0.717) is 4.58 Å². The molecule has 2 aliphatic rings. The van der Waals surface area contributed by atoms with Crippen LogP contribution in [-0.2, 0) is 14.8 Å². The highest BCUT2D eigenvalue weighted by atomic mass is 32.2. The smallest absolute Gasteiger partial charge is 0.260 e. The van der Waals surface area contributed by atoms with Gasteiger partial charge in [0.15, 0.2) is 6.61 Å². The Morgan fingerprint density at radius 2 is 1.74 bits per heavy atom. The van der Waals surface area contributed by atoms with Crippen molar-refractivity contribution in [3.05, 3.63) is 59.9 Å². The van der Waals surface area contributed by atoms with Gasteiger partial charge in [-0.3, -0.25) is 4.79 Å². The molecular formula is C21H23FN2O4S3. The summed E-state index contributed by atoms with van der Waals surface area (Å²) in [6.07, 6.45) is 0. The van der Waals surface area contributed by atoms with Crippen LogP contribution in [0.25, 0.3) is 0 Å². The first-order valence-electron chi connectivity index (χ1n) is 9.93. The zero-order chi connectivity index (χ0) is 21.8.